The summed E-state index contributed by atoms with van der Waals surface area (Å²) in [6.45, 7) is 13.5. The molecule has 0 aromatic heterocycles. The Kier molecular flexibility index (Phi) is 6.03. The number of nitrogens with zero attached hydrogens (tertiary/aromatic N) is 1. The van der Waals surface area contributed by atoms with Crippen molar-refractivity contribution in [2.45, 2.75) is 25.5 Å². The normalized spacial score (nSPS) is 11.5. The van der Waals surface area contributed by atoms with Gasteiger partial charge in [-0.1, -0.05) is 19.5 Å². The highest BCUT2D eigenvalue weighted by molar-refractivity contribution is 6.58. The third-order valence-corrected chi connectivity index (χ3v) is 2.32. The summed E-state index contributed by atoms with van der Waals surface area (Å²) in [5.41, 5.74) is 1.03. The van der Waals surface area contributed by atoms with Gasteiger partial charge in [-0.15, -0.1) is 6.58 Å². The predicted molar refractivity (Wildman–Crippen MR) is 62.5 cm³/mol. The van der Waals surface area contributed by atoms with Crippen molar-refractivity contribution in [3.8, 4) is 0 Å². The van der Waals surface area contributed by atoms with Gasteiger partial charge in [-0.3, -0.25) is 0 Å². The molecule has 0 aliphatic rings. The second-order valence-corrected chi connectivity index (χ2v) is 3.17. The lowest BCUT2D eigenvalue weighted by molar-refractivity contribution is 0.761. The second kappa shape index (κ2) is 6.52. The highest BCUT2D eigenvalue weighted by atomic mass is 14.8. The van der Waals surface area contributed by atoms with E-state index in [0.29, 0.717) is 5.82 Å². The summed E-state index contributed by atoms with van der Waals surface area (Å²) >= 11 is 0. The van der Waals surface area contributed by atoms with Crippen LogP contribution in [0.1, 0.15) is 12.8 Å². The Labute approximate surface area is 81.9 Å². The molecule has 0 aromatic rings. The molecule has 0 aliphatic carbocycles. The number of rotatable bonds is 7. The van der Waals surface area contributed by atoms with Gasteiger partial charge in [-0.05, 0) is 25.4 Å². The first kappa shape index (κ1) is 12.0. The Morgan fingerprint density at radius 2 is 2.31 bits per heavy atom. The molecule has 0 saturated heterocycles. The smallest absolute Gasteiger partial charge is 0.284 e. The molecule has 0 saturated carbocycles. The van der Waals surface area contributed by atoms with Crippen LogP contribution in [0.15, 0.2) is 29.8 Å². The van der Waals surface area contributed by atoms with Gasteiger partial charge in [-0.25, -0.2) is 0 Å². The zero-order valence-electron chi connectivity index (χ0n) is 8.71. The Morgan fingerprint density at radius 3 is 2.69 bits per heavy atom. The van der Waals surface area contributed by atoms with Gasteiger partial charge in [0.1, 0.15) is 0 Å². The van der Waals surface area contributed by atoms with E-state index in [2.05, 4.69) is 36.9 Å². The molecule has 0 aliphatic heterocycles. The summed E-state index contributed by atoms with van der Waals surface area (Å²) in [4.78, 5) is 4.03. The lowest BCUT2D eigenvalue weighted by atomic mass is 9.52. The quantitative estimate of drug-likeness (QED) is 0.361. The maximum atomic E-state index is 4.03. The van der Waals surface area contributed by atoms with Gasteiger partial charge in [0.05, 0.1) is 0 Å². The molecule has 2 nitrogen and oxygen atoms in total. The summed E-state index contributed by atoms with van der Waals surface area (Å²) in [6, 6.07) is 0. The topological polar surface area (TPSA) is 24.4 Å². The number of nitrogens with one attached hydrogen (secondary N) is 1. The first-order chi connectivity index (χ1) is 6.17. The van der Waals surface area contributed by atoms with E-state index < -0.39 is 0 Å². The molecule has 0 radical (unpaired) electrons. The van der Waals surface area contributed by atoms with Crippen LogP contribution in [0.5, 0.6) is 0 Å². The third kappa shape index (κ3) is 3.97. The van der Waals surface area contributed by atoms with Gasteiger partial charge in [0.25, 0.3) is 6.85 Å². The number of hydrogen-bond acceptors (Lipinski definition) is 2. The predicted octanol–water partition coefficient (Wildman–Crippen LogP) is 2.38. The minimum absolute atomic E-state index is 0.222. The molecule has 13 heavy (non-hydrogen) atoms. The minimum Gasteiger partial charge on any atom is -0.392 e. The van der Waals surface area contributed by atoms with E-state index >= 15 is 0 Å². The van der Waals surface area contributed by atoms with Crippen molar-refractivity contribution in [3.05, 3.63) is 24.9 Å². The molecule has 0 bridgehead atoms. The summed E-state index contributed by atoms with van der Waals surface area (Å²) in [6.07, 6.45) is 3.94. The van der Waals surface area contributed by atoms with Crippen LogP contribution in [0.3, 0.4) is 0 Å². The molecule has 72 valence electrons. The Bertz CT molecular complexity index is 189. The zero-order valence-corrected chi connectivity index (χ0v) is 8.71. The number of hydrogen-bond donors (Lipinski definition) is 1. The molecular weight excluding hydrogens is 159 g/mol. The molecule has 1 N–H and O–H groups in total. The number of allylic oxidation sites excluding steroid dienone is 2. The molecule has 0 spiro atoms. The lowest BCUT2D eigenvalue weighted by Gasteiger charge is -2.19. The molecule has 0 rings (SSSR count). The van der Waals surface area contributed by atoms with Crippen molar-refractivity contribution in [2.75, 3.05) is 7.05 Å². The van der Waals surface area contributed by atoms with E-state index in [1.165, 1.54) is 0 Å². The SMILES string of the molecule is C=CCCC(B(C)N=C)C(=C)NC. The van der Waals surface area contributed by atoms with Gasteiger partial charge >= 0.3 is 0 Å². The van der Waals surface area contributed by atoms with E-state index in [1.54, 1.807) is 0 Å². The summed E-state index contributed by atoms with van der Waals surface area (Å²) in [5, 5.41) is 3.07. The van der Waals surface area contributed by atoms with E-state index in [4.69, 9.17) is 0 Å². The largest absolute Gasteiger partial charge is 0.392 e. The first-order valence-corrected chi connectivity index (χ1v) is 4.60. The minimum atomic E-state index is 0.222. The standard InChI is InChI=1S/C10H19BN2/c1-6-7-8-10(9(2)12-4)11(3)13-5/h6,10,12H,1-2,5,7-8H2,3-4H3. The first-order valence-electron chi connectivity index (χ1n) is 4.60. The van der Waals surface area contributed by atoms with Crippen LogP contribution < -0.4 is 5.32 Å². The molecule has 0 heterocycles. The summed E-state index contributed by atoms with van der Waals surface area (Å²) in [7, 11) is 1.89. The zero-order chi connectivity index (χ0) is 10.3. The van der Waals surface area contributed by atoms with Gasteiger partial charge in [-0.2, -0.15) is 0 Å². The van der Waals surface area contributed by atoms with Crippen molar-refractivity contribution >= 4 is 13.6 Å². The monoisotopic (exact) mass is 178 g/mol. The van der Waals surface area contributed by atoms with Crippen molar-refractivity contribution in [1.82, 2.24) is 5.32 Å². The third-order valence-electron chi connectivity index (χ3n) is 2.32. The van der Waals surface area contributed by atoms with Crippen LogP contribution in [0.2, 0.25) is 12.6 Å². The van der Waals surface area contributed by atoms with Crippen molar-refractivity contribution in [3.63, 3.8) is 0 Å². The molecule has 3 heteroatoms. The molecule has 1 atom stereocenters. The average molecular weight is 178 g/mol. The van der Waals surface area contributed by atoms with E-state index in [-0.39, 0.29) is 6.85 Å². The van der Waals surface area contributed by atoms with Crippen LogP contribution in [-0.2, 0) is 0 Å². The summed E-state index contributed by atoms with van der Waals surface area (Å²) in [5.74, 6) is 0.362. The molecule has 0 amide bonds. The average Bonchev–Trinajstić information content (AvgIpc) is 2.17. The fraction of sp³-hybridized carbons (Fsp3) is 0.500. The Hall–Kier alpha value is -0.985. The van der Waals surface area contributed by atoms with Crippen LogP contribution in [0.4, 0.5) is 0 Å². The Morgan fingerprint density at radius 1 is 1.69 bits per heavy atom. The van der Waals surface area contributed by atoms with Crippen LogP contribution in [0, 0.1) is 0 Å². The fourth-order valence-corrected chi connectivity index (χ4v) is 1.32. The van der Waals surface area contributed by atoms with Crippen LogP contribution in [0.25, 0.3) is 0 Å². The molecule has 1 unspecified atom stereocenters. The summed E-state index contributed by atoms with van der Waals surface area (Å²) < 4.78 is 0. The lowest BCUT2D eigenvalue weighted by Crippen LogP contribution is -2.22. The van der Waals surface area contributed by atoms with E-state index in [1.807, 2.05) is 13.1 Å². The van der Waals surface area contributed by atoms with Gasteiger partial charge < -0.3 is 10.2 Å². The van der Waals surface area contributed by atoms with Gasteiger partial charge in [0, 0.05) is 12.7 Å². The van der Waals surface area contributed by atoms with E-state index in [9.17, 15) is 0 Å². The fourth-order valence-electron chi connectivity index (χ4n) is 1.32. The highest BCUT2D eigenvalue weighted by Crippen LogP contribution is 2.24. The maximum Gasteiger partial charge on any atom is 0.284 e. The van der Waals surface area contributed by atoms with Crippen LogP contribution >= 0.6 is 0 Å². The van der Waals surface area contributed by atoms with Gasteiger partial charge in [0.2, 0.25) is 0 Å². The molecule has 0 aromatic carbocycles. The highest BCUT2D eigenvalue weighted by Gasteiger charge is 2.21. The Balaban J connectivity index is 4.25. The second-order valence-electron chi connectivity index (χ2n) is 3.17. The van der Waals surface area contributed by atoms with Crippen LogP contribution in [-0.4, -0.2) is 20.6 Å². The van der Waals surface area contributed by atoms with E-state index in [0.717, 1.165) is 18.5 Å². The van der Waals surface area contributed by atoms with Crippen molar-refractivity contribution < 1.29 is 0 Å². The molecule has 0 fully saturated rings. The van der Waals surface area contributed by atoms with Gasteiger partial charge in [0.15, 0.2) is 0 Å². The maximum absolute atomic E-state index is 4.03. The molecular formula is C10H19BN2. The van der Waals surface area contributed by atoms with Crippen molar-refractivity contribution in [2.24, 2.45) is 4.90 Å². The van der Waals surface area contributed by atoms with Crippen molar-refractivity contribution in [1.29, 1.82) is 0 Å².